The Kier molecular flexibility index (Phi) is 3.48. The Labute approximate surface area is 101 Å². The van der Waals surface area contributed by atoms with Gasteiger partial charge in [0.15, 0.2) is 5.03 Å². The largest absolute Gasteiger partial charge is 1.00 e. The second kappa shape index (κ2) is 2.66. The number of halogens is 5. The van der Waals surface area contributed by atoms with Gasteiger partial charge in [-0.3, -0.25) is 0 Å². The molecule has 0 aromatic heterocycles. The van der Waals surface area contributed by atoms with Crippen LogP contribution in [0.5, 0.6) is 0 Å². The van der Waals surface area contributed by atoms with Crippen LogP contribution in [-0.4, -0.2) is 5.03 Å². The van der Waals surface area contributed by atoms with E-state index in [2.05, 4.69) is 0 Å². The van der Waals surface area contributed by atoms with Crippen molar-refractivity contribution in [1.82, 2.24) is 4.83 Å². The third-order valence-electron chi connectivity index (χ3n) is 0.247. The second-order valence-corrected chi connectivity index (χ2v) is 3.44. The first kappa shape index (κ1) is 14.4. The van der Waals surface area contributed by atoms with Crippen LogP contribution in [0, 0.1) is 10.1 Å². The summed E-state index contributed by atoms with van der Waals surface area (Å²) in [6.07, 6.45) is 0. The molecule has 11 heteroatoms. The van der Waals surface area contributed by atoms with Crippen LogP contribution in [0.4, 0.5) is 19.4 Å². The normalized spacial score (nSPS) is 17.2. The van der Waals surface area contributed by atoms with Gasteiger partial charge in [0.25, 0.3) is 0 Å². The quantitative estimate of drug-likeness (QED) is 0.288. The molecule has 0 spiro atoms. The van der Waals surface area contributed by atoms with Gasteiger partial charge in [0.2, 0.25) is 0 Å². The van der Waals surface area contributed by atoms with E-state index in [9.17, 15) is 19.4 Å². The van der Waals surface area contributed by atoms with E-state index in [1.165, 1.54) is 0 Å². The Bertz CT molecular complexity index is 175. The molecular weight excluding hydrogens is 226 g/mol. The maximum absolute atomic E-state index is 10.9. The van der Waals surface area contributed by atoms with Crippen molar-refractivity contribution in [3.8, 4) is 0 Å². The topological polar surface area (TPSA) is 55.2 Å². The molecule has 1 N–H and O–H groups in total. The van der Waals surface area contributed by atoms with Crippen LogP contribution < -0.4 is 56.2 Å². The van der Waals surface area contributed by atoms with E-state index in [-0.39, 0.29) is 52.8 Å². The molecule has 0 radical (unpaired) electrons. The monoisotopic (exact) mass is 228 g/mol. The summed E-state index contributed by atoms with van der Waals surface area (Å²) in [5, 5.41) is 6.60. The molecule has 0 unspecified atom stereocenters. The molecule has 0 bridgehead atoms. The molecule has 66 valence electrons. The number of nitrogens with zero attached hydrogens (tertiary/aromatic N) is 1. The zero-order valence-corrected chi connectivity index (χ0v) is 9.00. The zero-order valence-electron chi connectivity index (χ0n) is 6.06. The Morgan fingerprint density at radius 1 is 1.27 bits per heavy atom. The van der Waals surface area contributed by atoms with Gasteiger partial charge in [0.1, 0.15) is 0 Å². The van der Waals surface area contributed by atoms with Crippen molar-refractivity contribution in [1.29, 1.82) is 0 Å². The Morgan fingerprint density at radius 3 is 1.55 bits per heavy atom. The fraction of sp³-hybridized carbons (Fsp3) is 0. The maximum Gasteiger partial charge on any atom is 1.00 e. The van der Waals surface area contributed by atoms with Gasteiger partial charge >= 0.3 is 61.8 Å². The number of hydrogen-bond acceptors (Lipinski definition) is 2. The van der Waals surface area contributed by atoms with E-state index < -0.39 is 20.3 Å². The molecule has 0 aliphatic rings. The maximum atomic E-state index is 10.9. The first-order valence-corrected chi connectivity index (χ1v) is 3.52. The van der Waals surface area contributed by atoms with Crippen molar-refractivity contribution < 1.29 is 77.3 Å². The fourth-order valence-electron chi connectivity index (χ4n) is 0.141. The molecule has 0 saturated carbocycles. The van der Waals surface area contributed by atoms with E-state index >= 15 is 0 Å². The zero-order chi connectivity index (χ0) is 8.69. The predicted molar refractivity (Wildman–Crippen MR) is 24.4 cm³/mol. The molecule has 0 rings (SSSR count). The fourth-order valence-corrected chi connectivity index (χ4v) is 0.423. The number of hydrogen-bond donors (Lipinski definition) is 1. The van der Waals surface area contributed by atoms with E-state index in [1.54, 1.807) is 0 Å². The molecular formula is H2F5KN2O2S. The summed E-state index contributed by atoms with van der Waals surface area (Å²) in [5.41, 5.74) is 0. The van der Waals surface area contributed by atoms with Crippen LogP contribution in [0.3, 0.4) is 0 Å². The van der Waals surface area contributed by atoms with Crippen molar-refractivity contribution >= 4 is 10.4 Å². The van der Waals surface area contributed by atoms with Gasteiger partial charge in [0, 0.05) is 4.83 Å². The smallest absolute Gasteiger partial charge is 1.00 e. The minimum Gasteiger partial charge on any atom is -1.00 e. The summed E-state index contributed by atoms with van der Waals surface area (Å²) < 4.78 is 54.6. The molecule has 0 heterocycles. The van der Waals surface area contributed by atoms with Gasteiger partial charge in [-0.2, -0.15) is 0 Å². The summed E-state index contributed by atoms with van der Waals surface area (Å²) in [7, 11) is -10.1. The van der Waals surface area contributed by atoms with Crippen molar-refractivity contribution in [2.75, 3.05) is 0 Å². The van der Waals surface area contributed by atoms with Gasteiger partial charge in [-0.15, -0.1) is 0 Å². The minimum atomic E-state index is -10.1. The molecule has 0 aromatic rings. The van der Waals surface area contributed by atoms with Crippen molar-refractivity contribution in [3.63, 3.8) is 0 Å². The Balaban J connectivity index is -0.000000405. The van der Waals surface area contributed by atoms with Crippen molar-refractivity contribution in [2.45, 2.75) is 0 Å². The van der Waals surface area contributed by atoms with Gasteiger partial charge in [-0.05, 0) is 0 Å². The summed E-state index contributed by atoms with van der Waals surface area (Å²) in [6.45, 7) is 0. The van der Waals surface area contributed by atoms with Gasteiger partial charge < -0.3 is 1.43 Å². The van der Waals surface area contributed by atoms with Crippen molar-refractivity contribution in [3.05, 3.63) is 10.1 Å². The van der Waals surface area contributed by atoms with Crippen LogP contribution in [0.15, 0.2) is 0 Å². The predicted octanol–water partition coefficient (Wildman–Crippen LogP) is -0.902. The summed E-state index contributed by atoms with van der Waals surface area (Å²) in [5.74, 6) is 0. The average molecular weight is 228 g/mol. The second-order valence-electron chi connectivity index (χ2n) is 1.32. The number of rotatable bonds is 2. The number of nitro groups is 1. The SMILES string of the molecule is O=[N+]([O-])NS(F)(F)(F)(F)F.[H-].[K+]. The van der Waals surface area contributed by atoms with E-state index in [0.29, 0.717) is 0 Å². The number of hydrazine groups is 1. The first-order chi connectivity index (χ1) is 3.89. The standard InChI is InChI=1S/F5HN2O2S.K.H/c1-10(2,3,4,5)6-7(8)9;;/h6H;;/q;+1;-1. The molecule has 0 aromatic carbocycles. The van der Waals surface area contributed by atoms with E-state index in [4.69, 9.17) is 10.1 Å². The van der Waals surface area contributed by atoms with Gasteiger partial charge in [-0.25, -0.2) is 10.1 Å². The summed E-state index contributed by atoms with van der Waals surface area (Å²) >= 11 is 0. The summed E-state index contributed by atoms with van der Waals surface area (Å²) in [4.78, 5) is 7.99. The van der Waals surface area contributed by atoms with Crippen LogP contribution in [0.1, 0.15) is 1.43 Å². The van der Waals surface area contributed by atoms with E-state index in [1.807, 2.05) is 0 Å². The molecule has 0 aliphatic carbocycles. The third kappa shape index (κ3) is 13.8. The molecule has 0 saturated heterocycles. The minimum absolute atomic E-state index is 0. The van der Waals surface area contributed by atoms with Crippen molar-refractivity contribution in [2.24, 2.45) is 0 Å². The van der Waals surface area contributed by atoms with Crippen LogP contribution in [-0.2, 0) is 0 Å². The van der Waals surface area contributed by atoms with Crippen LogP contribution >= 0.6 is 10.4 Å². The Morgan fingerprint density at radius 2 is 1.55 bits per heavy atom. The van der Waals surface area contributed by atoms with Gasteiger partial charge in [0.05, 0.1) is 0 Å². The molecule has 0 fully saturated rings. The van der Waals surface area contributed by atoms with E-state index in [0.717, 1.165) is 0 Å². The molecule has 0 amide bonds. The Hall–Kier alpha value is 0.836. The molecule has 0 atom stereocenters. The van der Waals surface area contributed by atoms with Crippen LogP contribution in [0.25, 0.3) is 0 Å². The number of nitrogens with one attached hydrogen (secondary N) is 1. The van der Waals surface area contributed by atoms with Crippen LogP contribution in [0.2, 0.25) is 0 Å². The molecule has 11 heavy (non-hydrogen) atoms. The average Bonchev–Trinajstić information content (AvgIpc) is 1.12. The third-order valence-corrected chi connectivity index (χ3v) is 0.741. The molecule has 0 aliphatic heterocycles. The van der Waals surface area contributed by atoms with Gasteiger partial charge in [-0.1, -0.05) is 19.4 Å². The molecule has 4 nitrogen and oxygen atoms in total. The first-order valence-electron chi connectivity index (χ1n) is 1.56. The summed E-state index contributed by atoms with van der Waals surface area (Å²) in [6, 6.07) is 0.